The van der Waals surface area contributed by atoms with Crippen LogP contribution in [0.15, 0.2) is 40.2 Å². The van der Waals surface area contributed by atoms with Crippen LogP contribution in [0.5, 0.6) is 0 Å². The molecule has 2 N–H and O–H groups in total. The van der Waals surface area contributed by atoms with Crippen LogP contribution in [-0.4, -0.2) is 59.3 Å². The van der Waals surface area contributed by atoms with E-state index in [1.54, 1.807) is 17.0 Å². The molecule has 3 rings (SSSR count). The number of guanidine groups is 1. The van der Waals surface area contributed by atoms with Crippen LogP contribution < -0.4 is 10.6 Å². The first-order valence-electron chi connectivity index (χ1n) is 9.08. The summed E-state index contributed by atoms with van der Waals surface area (Å²) in [4.78, 5) is 18.7. The van der Waals surface area contributed by atoms with Gasteiger partial charge in [-0.1, -0.05) is 0 Å². The lowest BCUT2D eigenvalue weighted by Gasteiger charge is -2.34. The molecule has 154 valence electrons. The number of aryl methyl sites for hydroxylation is 1. The highest BCUT2D eigenvalue weighted by molar-refractivity contribution is 14.0. The first kappa shape index (κ1) is 22.2. The zero-order chi connectivity index (χ0) is 19.1. The van der Waals surface area contributed by atoms with Crippen LogP contribution in [0.4, 0.5) is 0 Å². The van der Waals surface area contributed by atoms with Crippen molar-refractivity contribution in [3.63, 3.8) is 0 Å². The van der Waals surface area contributed by atoms with Crippen LogP contribution in [-0.2, 0) is 23.1 Å². The van der Waals surface area contributed by atoms with Gasteiger partial charge >= 0.3 is 0 Å². The number of carbonyl (C=O) groups excluding carboxylic acids is 1. The predicted octanol–water partition coefficient (Wildman–Crippen LogP) is 1.29. The van der Waals surface area contributed by atoms with Crippen molar-refractivity contribution in [2.24, 2.45) is 12.0 Å². The Morgan fingerprint density at radius 1 is 1.43 bits per heavy atom. The molecule has 0 aliphatic carbocycles. The van der Waals surface area contributed by atoms with Gasteiger partial charge in [0.1, 0.15) is 18.4 Å². The van der Waals surface area contributed by atoms with Crippen LogP contribution in [0.3, 0.4) is 0 Å². The standard InChI is InChI=1S/C18H26N6O3.HI/c1-3-19-18(21-11-17(25)20-10-15-5-4-7-26-15)24-6-8-27-16(13-24)14-9-22-23(2)12-14;/h4-5,7,9,12,16H,3,6,8,10-11,13H2,1-2H3,(H,19,21)(H,20,25);1H. The van der Waals surface area contributed by atoms with Crippen LogP contribution >= 0.6 is 24.0 Å². The van der Waals surface area contributed by atoms with Crippen molar-refractivity contribution in [1.82, 2.24) is 25.3 Å². The summed E-state index contributed by atoms with van der Waals surface area (Å²) in [6.07, 6.45) is 5.30. The summed E-state index contributed by atoms with van der Waals surface area (Å²) in [6, 6.07) is 3.61. The summed E-state index contributed by atoms with van der Waals surface area (Å²) in [5.74, 6) is 1.27. The molecule has 1 aliphatic heterocycles. The predicted molar refractivity (Wildman–Crippen MR) is 115 cm³/mol. The van der Waals surface area contributed by atoms with Gasteiger partial charge in [-0.05, 0) is 19.1 Å². The second-order valence-electron chi connectivity index (χ2n) is 6.28. The minimum absolute atomic E-state index is 0. The van der Waals surface area contributed by atoms with Gasteiger partial charge in [-0.25, -0.2) is 4.99 Å². The Morgan fingerprint density at radius 2 is 2.29 bits per heavy atom. The maximum absolute atomic E-state index is 12.1. The number of morpholine rings is 1. The fourth-order valence-corrected chi connectivity index (χ4v) is 2.88. The second-order valence-corrected chi connectivity index (χ2v) is 6.28. The number of halogens is 1. The summed E-state index contributed by atoms with van der Waals surface area (Å²) in [6.45, 7) is 5.11. The highest BCUT2D eigenvalue weighted by Crippen LogP contribution is 2.21. The maximum atomic E-state index is 12.1. The lowest BCUT2D eigenvalue weighted by molar-refractivity contribution is -0.119. The van der Waals surface area contributed by atoms with Crippen molar-refractivity contribution >= 4 is 35.8 Å². The Morgan fingerprint density at radius 3 is 2.96 bits per heavy atom. The Kier molecular flexibility index (Phi) is 8.77. The second kappa shape index (κ2) is 11.1. The van der Waals surface area contributed by atoms with E-state index >= 15 is 0 Å². The largest absolute Gasteiger partial charge is 0.467 e. The lowest BCUT2D eigenvalue weighted by atomic mass is 10.1. The summed E-state index contributed by atoms with van der Waals surface area (Å²) in [5.41, 5.74) is 1.04. The van der Waals surface area contributed by atoms with Gasteiger partial charge in [-0.15, -0.1) is 24.0 Å². The molecule has 1 unspecified atom stereocenters. The number of aromatic nitrogens is 2. The smallest absolute Gasteiger partial charge is 0.242 e. The molecule has 1 fully saturated rings. The van der Waals surface area contributed by atoms with Gasteiger partial charge in [0.05, 0.1) is 32.2 Å². The topological polar surface area (TPSA) is 96.9 Å². The van der Waals surface area contributed by atoms with Crippen molar-refractivity contribution in [3.05, 3.63) is 42.1 Å². The summed E-state index contributed by atoms with van der Waals surface area (Å²) < 4.78 is 12.8. The number of nitrogens with one attached hydrogen (secondary N) is 2. The van der Waals surface area contributed by atoms with E-state index in [2.05, 4.69) is 25.6 Å². The Hall–Kier alpha value is -2.08. The fourth-order valence-electron chi connectivity index (χ4n) is 2.88. The molecule has 3 heterocycles. The monoisotopic (exact) mass is 502 g/mol. The van der Waals surface area contributed by atoms with E-state index in [9.17, 15) is 4.79 Å². The van der Waals surface area contributed by atoms with Crippen LogP contribution in [0.1, 0.15) is 24.4 Å². The van der Waals surface area contributed by atoms with E-state index in [0.717, 1.165) is 18.7 Å². The molecule has 0 spiro atoms. The number of nitrogens with zero attached hydrogens (tertiary/aromatic N) is 4. The third-order valence-corrected chi connectivity index (χ3v) is 4.21. The normalized spacial score (nSPS) is 17.1. The van der Waals surface area contributed by atoms with Gasteiger partial charge in [0.25, 0.3) is 0 Å². The molecule has 0 bridgehead atoms. The molecule has 9 nitrogen and oxygen atoms in total. The first-order chi connectivity index (χ1) is 13.2. The Labute approximate surface area is 181 Å². The highest BCUT2D eigenvalue weighted by atomic mass is 127. The number of rotatable bonds is 6. The molecular weight excluding hydrogens is 475 g/mol. The van der Waals surface area contributed by atoms with Gasteiger partial charge in [0, 0.05) is 31.9 Å². The molecule has 0 radical (unpaired) electrons. The van der Waals surface area contributed by atoms with E-state index in [1.165, 1.54) is 0 Å². The zero-order valence-electron chi connectivity index (χ0n) is 16.1. The maximum Gasteiger partial charge on any atom is 0.242 e. The quantitative estimate of drug-likeness (QED) is 0.351. The van der Waals surface area contributed by atoms with Crippen LogP contribution in [0, 0.1) is 0 Å². The SMILES string of the molecule is CCNC(=NCC(=O)NCc1ccco1)N1CCOC(c2cnn(C)c2)C1.I. The van der Waals surface area contributed by atoms with E-state index in [1.807, 2.05) is 32.4 Å². The van der Waals surface area contributed by atoms with Gasteiger partial charge in [-0.3, -0.25) is 9.48 Å². The number of amides is 1. The van der Waals surface area contributed by atoms with Crippen molar-refractivity contribution in [2.45, 2.75) is 19.6 Å². The minimum atomic E-state index is -0.154. The molecule has 0 saturated carbocycles. The number of ether oxygens (including phenoxy) is 1. The molecule has 1 atom stereocenters. The van der Waals surface area contributed by atoms with Crippen molar-refractivity contribution in [2.75, 3.05) is 32.8 Å². The number of hydrogen-bond acceptors (Lipinski definition) is 5. The number of carbonyl (C=O) groups is 1. The average molecular weight is 502 g/mol. The van der Waals surface area contributed by atoms with E-state index < -0.39 is 0 Å². The minimum Gasteiger partial charge on any atom is -0.467 e. The molecule has 1 amide bonds. The summed E-state index contributed by atoms with van der Waals surface area (Å²) >= 11 is 0. The Bertz CT molecular complexity index is 761. The number of hydrogen-bond donors (Lipinski definition) is 2. The van der Waals surface area contributed by atoms with Crippen LogP contribution in [0.25, 0.3) is 0 Å². The summed E-state index contributed by atoms with van der Waals surface area (Å²) in [5, 5.41) is 10.3. The molecule has 1 saturated heterocycles. The van der Waals surface area contributed by atoms with Gasteiger partial charge in [0.15, 0.2) is 5.96 Å². The fraction of sp³-hybridized carbons (Fsp3) is 0.500. The average Bonchev–Trinajstić information content (AvgIpc) is 3.35. The Balaban J connectivity index is 0.00000280. The molecule has 2 aromatic rings. The first-order valence-corrected chi connectivity index (χ1v) is 9.08. The molecular formula is C18H27IN6O3. The molecule has 28 heavy (non-hydrogen) atoms. The number of furan rings is 1. The van der Waals surface area contributed by atoms with Crippen molar-refractivity contribution < 1.29 is 13.9 Å². The highest BCUT2D eigenvalue weighted by Gasteiger charge is 2.25. The van der Waals surface area contributed by atoms with Crippen molar-refractivity contribution in [3.8, 4) is 0 Å². The third kappa shape index (κ3) is 6.23. The van der Waals surface area contributed by atoms with E-state index in [-0.39, 0.29) is 42.5 Å². The molecule has 0 aromatic carbocycles. The zero-order valence-corrected chi connectivity index (χ0v) is 18.5. The lowest BCUT2D eigenvalue weighted by Crippen LogP contribution is -2.48. The molecule has 1 aliphatic rings. The van der Waals surface area contributed by atoms with Gasteiger partial charge in [0.2, 0.25) is 5.91 Å². The molecule has 10 heteroatoms. The van der Waals surface area contributed by atoms with Crippen molar-refractivity contribution in [1.29, 1.82) is 0 Å². The van der Waals surface area contributed by atoms with Crippen LogP contribution in [0.2, 0.25) is 0 Å². The van der Waals surface area contributed by atoms with E-state index in [0.29, 0.717) is 31.4 Å². The van der Waals surface area contributed by atoms with Gasteiger partial charge < -0.3 is 24.7 Å². The summed E-state index contributed by atoms with van der Waals surface area (Å²) in [7, 11) is 1.89. The number of aliphatic imine (C=N–C) groups is 1. The molecule has 2 aromatic heterocycles. The van der Waals surface area contributed by atoms with Gasteiger partial charge in [-0.2, -0.15) is 5.10 Å². The van der Waals surface area contributed by atoms with E-state index in [4.69, 9.17) is 9.15 Å². The third-order valence-electron chi connectivity index (χ3n) is 4.21.